The quantitative estimate of drug-likeness (QED) is 0.791. The third-order valence-corrected chi connectivity index (χ3v) is 4.51. The first-order valence-electron chi connectivity index (χ1n) is 7.16. The van der Waals surface area contributed by atoms with Gasteiger partial charge in [-0.05, 0) is 44.7 Å². The summed E-state index contributed by atoms with van der Waals surface area (Å²) in [5.41, 5.74) is 0. The lowest BCUT2D eigenvalue weighted by molar-refractivity contribution is -0.146. The lowest BCUT2D eigenvalue weighted by Crippen LogP contribution is -2.38. The predicted molar refractivity (Wildman–Crippen MR) is 71.6 cm³/mol. The molecule has 2 fully saturated rings. The normalized spacial score (nSPS) is 35.5. The number of carbonyl (C=O) groups excluding carboxylic acids is 1. The number of likely N-dealkylation sites (tertiary alicyclic amines) is 1. The molecule has 1 saturated carbocycles. The molecule has 1 amide bonds. The van der Waals surface area contributed by atoms with Gasteiger partial charge in [-0.1, -0.05) is 6.92 Å². The molecule has 2 N–H and O–H groups in total. The van der Waals surface area contributed by atoms with E-state index in [0.717, 1.165) is 19.5 Å². The molecule has 0 bridgehead atoms. The van der Waals surface area contributed by atoms with E-state index in [9.17, 15) is 14.7 Å². The highest BCUT2D eigenvalue weighted by Gasteiger charge is 2.41. The summed E-state index contributed by atoms with van der Waals surface area (Å²) < 4.78 is 0. The smallest absolute Gasteiger partial charge is 0.307 e. The maximum Gasteiger partial charge on any atom is 0.307 e. The van der Waals surface area contributed by atoms with Gasteiger partial charge in [0, 0.05) is 13.1 Å². The largest absolute Gasteiger partial charge is 0.481 e. The van der Waals surface area contributed by atoms with E-state index in [1.165, 1.54) is 0 Å². The lowest BCUT2D eigenvalue weighted by Gasteiger charge is -2.17. The Hall–Kier alpha value is -1.10. The second-order valence-corrected chi connectivity index (χ2v) is 6.29. The minimum atomic E-state index is -0.829. The Morgan fingerprint density at radius 2 is 2.00 bits per heavy atom. The number of carboxylic acid groups (broad SMARTS) is 1. The van der Waals surface area contributed by atoms with Crippen LogP contribution in [0.25, 0.3) is 0 Å². The molecule has 1 saturated heterocycles. The van der Waals surface area contributed by atoms with Gasteiger partial charge in [0.2, 0.25) is 5.91 Å². The summed E-state index contributed by atoms with van der Waals surface area (Å²) in [5.74, 6) is -0.894. The van der Waals surface area contributed by atoms with Gasteiger partial charge in [-0.3, -0.25) is 9.59 Å². The molecule has 2 aliphatic rings. The first-order chi connectivity index (χ1) is 8.97. The fourth-order valence-electron chi connectivity index (χ4n) is 3.42. The van der Waals surface area contributed by atoms with E-state index in [0.29, 0.717) is 31.2 Å². The standard InChI is InChI=1S/C14H24N2O3/c1-9-5-11(12(6-9)14(18)19)13(17)15-7-10-3-4-16(2)8-10/h9-12H,3-8H2,1-2H3,(H,15,17)(H,18,19)/t9?,10?,11-,12+/m0/s1. The van der Waals surface area contributed by atoms with Crippen LogP contribution in [-0.4, -0.2) is 48.6 Å². The van der Waals surface area contributed by atoms with E-state index in [2.05, 4.69) is 17.3 Å². The van der Waals surface area contributed by atoms with E-state index in [4.69, 9.17) is 0 Å². The molecular weight excluding hydrogens is 244 g/mol. The maximum absolute atomic E-state index is 12.2. The number of hydrogen-bond acceptors (Lipinski definition) is 3. The minimum absolute atomic E-state index is 0.0636. The number of rotatable bonds is 4. The first kappa shape index (κ1) is 14.3. The van der Waals surface area contributed by atoms with Crippen LogP contribution in [0.1, 0.15) is 26.2 Å². The van der Waals surface area contributed by atoms with Gasteiger partial charge in [0.25, 0.3) is 0 Å². The summed E-state index contributed by atoms with van der Waals surface area (Å²) in [7, 11) is 2.08. The van der Waals surface area contributed by atoms with Crippen LogP contribution in [0.2, 0.25) is 0 Å². The van der Waals surface area contributed by atoms with Gasteiger partial charge in [-0.15, -0.1) is 0 Å². The van der Waals surface area contributed by atoms with Crippen LogP contribution in [0.3, 0.4) is 0 Å². The third-order valence-electron chi connectivity index (χ3n) is 4.51. The molecule has 2 unspecified atom stereocenters. The summed E-state index contributed by atoms with van der Waals surface area (Å²) in [6, 6.07) is 0. The van der Waals surface area contributed by atoms with Crippen molar-refractivity contribution >= 4 is 11.9 Å². The Morgan fingerprint density at radius 3 is 2.58 bits per heavy atom. The van der Waals surface area contributed by atoms with Crippen molar-refractivity contribution in [1.82, 2.24) is 10.2 Å². The van der Waals surface area contributed by atoms with Crippen LogP contribution >= 0.6 is 0 Å². The fraction of sp³-hybridized carbons (Fsp3) is 0.857. The molecule has 5 heteroatoms. The molecule has 1 aliphatic carbocycles. The Kier molecular flexibility index (Phi) is 4.45. The van der Waals surface area contributed by atoms with Crippen molar-refractivity contribution in [1.29, 1.82) is 0 Å². The predicted octanol–water partition coefficient (Wildman–Crippen LogP) is 0.801. The Balaban J connectivity index is 1.83. The summed E-state index contributed by atoms with van der Waals surface area (Å²) in [4.78, 5) is 25.6. The second-order valence-electron chi connectivity index (χ2n) is 6.29. The number of aliphatic carboxylic acids is 1. The second kappa shape index (κ2) is 5.90. The topological polar surface area (TPSA) is 69.6 Å². The van der Waals surface area contributed by atoms with Gasteiger partial charge in [0.05, 0.1) is 11.8 Å². The van der Waals surface area contributed by atoms with E-state index in [1.54, 1.807) is 0 Å². The van der Waals surface area contributed by atoms with Gasteiger partial charge < -0.3 is 15.3 Å². The van der Waals surface area contributed by atoms with Crippen LogP contribution in [0.5, 0.6) is 0 Å². The van der Waals surface area contributed by atoms with Gasteiger partial charge in [-0.25, -0.2) is 0 Å². The highest BCUT2D eigenvalue weighted by Crippen LogP contribution is 2.36. The molecule has 0 aromatic rings. The lowest BCUT2D eigenvalue weighted by atomic mass is 9.95. The van der Waals surface area contributed by atoms with Crippen molar-refractivity contribution in [3.63, 3.8) is 0 Å². The van der Waals surface area contributed by atoms with Gasteiger partial charge in [0.1, 0.15) is 0 Å². The Bertz CT molecular complexity index is 359. The first-order valence-corrected chi connectivity index (χ1v) is 7.16. The van der Waals surface area contributed by atoms with Gasteiger partial charge in [-0.2, -0.15) is 0 Å². The highest BCUT2D eigenvalue weighted by atomic mass is 16.4. The zero-order valence-corrected chi connectivity index (χ0v) is 11.8. The monoisotopic (exact) mass is 268 g/mol. The zero-order chi connectivity index (χ0) is 14.0. The number of carboxylic acids is 1. The number of nitrogens with zero attached hydrogens (tertiary/aromatic N) is 1. The summed E-state index contributed by atoms with van der Waals surface area (Å²) in [6.07, 6.45) is 2.44. The van der Waals surface area contributed by atoms with Crippen LogP contribution in [0, 0.1) is 23.7 Å². The molecule has 4 atom stereocenters. The van der Waals surface area contributed by atoms with E-state index in [1.807, 2.05) is 6.92 Å². The van der Waals surface area contributed by atoms with Crippen LogP contribution < -0.4 is 5.32 Å². The molecule has 1 heterocycles. The summed E-state index contributed by atoms with van der Waals surface area (Å²) in [5, 5.41) is 12.1. The highest BCUT2D eigenvalue weighted by molar-refractivity contribution is 5.85. The number of amides is 1. The Labute approximate surface area is 114 Å². The van der Waals surface area contributed by atoms with E-state index >= 15 is 0 Å². The fourth-order valence-corrected chi connectivity index (χ4v) is 3.42. The molecule has 19 heavy (non-hydrogen) atoms. The van der Waals surface area contributed by atoms with Crippen LogP contribution in [0.4, 0.5) is 0 Å². The zero-order valence-electron chi connectivity index (χ0n) is 11.8. The number of carbonyl (C=O) groups is 2. The molecule has 108 valence electrons. The van der Waals surface area contributed by atoms with Crippen molar-refractivity contribution in [2.24, 2.45) is 23.7 Å². The molecule has 0 spiro atoms. The van der Waals surface area contributed by atoms with Crippen LogP contribution in [0.15, 0.2) is 0 Å². The van der Waals surface area contributed by atoms with Crippen molar-refractivity contribution in [3.05, 3.63) is 0 Å². The van der Waals surface area contributed by atoms with E-state index < -0.39 is 11.9 Å². The molecule has 2 rings (SSSR count). The van der Waals surface area contributed by atoms with Crippen LogP contribution in [-0.2, 0) is 9.59 Å². The number of hydrogen-bond donors (Lipinski definition) is 2. The summed E-state index contributed by atoms with van der Waals surface area (Å²) >= 11 is 0. The SMILES string of the molecule is CC1C[C@H](C(=O)NCC2CCN(C)C2)[C@H](C(=O)O)C1. The van der Waals surface area contributed by atoms with E-state index in [-0.39, 0.29) is 11.8 Å². The number of nitrogens with one attached hydrogen (secondary N) is 1. The third kappa shape index (κ3) is 3.47. The minimum Gasteiger partial charge on any atom is -0.481 e. The Morgan fingerprint density at radius 1 is 1.32 bits per heavy atom. The molecule has 1 aliphatic heterocycles. The van der Waals surface area contributed by atoms with Gasteiger partial charge in [0.15, 0.2) is 0 Å². The van der Waals surface area contributed by atoms with Crippen molar-refractivity contribution in [3.8, 4) is 0 Å². The molecule has 0 radical (unpaired) electrons. The molecular formula is C14H24N2O3. The average molecular weight is 268 g/mol. The summed E-state index contributed by atoms with van der Waals surface area (Å²) in [6.45, 7) is 4.80. The maximum atomic E-state index is 12.2. The average Bonchev–Trinajstić information content (AvgIpc) is 2.92. The molecule has 0 aromatic carbocycles. The molecule has 5 nitrogen and oxygen atoms in total. The molecule has 0 aromatic heterocycles. The van der Waals surface area contributed by atoms with Crippen molar-refractivity contribution in [2.75, 3.05) is 26.7 Å². The van der Waals surface area contributed by atoms with Crippen molar-refractivity contribution < 1.29 is 14.7 Å². The van der Waals surface area contributed by atoms with Gasteiger partial charge >= 0.3 is 5.97 Å². The van der Waals surface area contributed by atoms with Crippen molar-refractivity contribution in [2.45, 2.75) is 26.2 Å².